The molecule has 0 aliphatic carbocycles. The van der Waals surface area contributed by atoms with Crippen molar-refractivity contribution in [2.45, 2.75) is 18.6 Å². The van der Waals surface area contributed by atoms with Crippen LogP contribution in [0.25, 0.3) is 11.1 Å². The van der Waals surface area contributed by atoms with Crippen LogP contribution < -0.4 is 15.4 Å². The van der Waals surface area contributed by atoms with Gasteiger partial charge in [-0.25, -0.2) is 0 Å². The van der Waals surface area contributed by atoms with Crippen LogP contribution in [0.3, 0.4) is 0 Å². The van der Waals surface area contributed by atoms with Gasteiger partial charge in [0.25, 0.3) is 0 Å². The topological polar surface area (TPSA) is 74.9 Å². The molecule has 0 bridgehead atoms. The van der Waals surface area contributed by atoms with E-state index in [1.165, 1.54) is 11.1 Å². The molecular formula is C28H29Cl2N5O. The molecule has 2 atom stereocenters. The molecule has 0 spiro atoms. The summed E-state index contributed by atoms with van der Waals surface area (Å²) in [5.74, 6) is 0.860. The third-order valence-electron chi connectivity index (χ3n) is 6.18. The third kappa shape index (κ3) is 6.19. The molecule has 1 aromatic heterocycles. The normalized spacial score (nSPS) is 14.6. The van der Waals surface area contributed by atoms with Crippen molar-refractivity contribution < 1.29 is 4.74 Å². The number of aromatic nitrogens is 2. The second-order valence-electron chi connectivity index (χ2n) is 8.55. The quantitative estimate of drug-likeness (QED) is 0.333. The van der Waals surface area contributed by atoms with E-state index in [0.717, 1.165) is 35.5 Å². The first-order valence-corrected chi connectivity index (χ1v) is 11.5. The molecule has 0 saturated heterocycles. The van der Waals surface area contributed by atoms with Crippen LogP contribution in [0.2, 0.25) is 0 Å². The van der Waals surface area contributed by atoms with E-state index in [1.807, 2.05) is 60.5 Å². The van der Waals surface area contributed by atoms with Crippen molar-refractivity contribution in [1.29, 1.82) is 5.26 Å². The Kier molecular flexibility index (Phi) is 9.38. The van der Waals surface area contributed by atoms with Crippen molar-refractivity contribution in [2.24, 2.45) is 7.05 Å². The standard InChI is InChI=1S/C28H27N5O.2ClH/c1-33-19-24(17-32-33)23-11-12-26-25(15-23)31-18-27(34-26)28(22-5-3-2-4-6-22)30-14-13-20-7-9-21(16-29)10-8-20;;/h2-12,15,17,19,27-28,30-31H,13-14,18H2,1H3;2*1H/t27-,28+;;/m0../s1. The Morgan fingerprint density at radius 2 is 1.86 bits per heavy atom. The van der Waals surface area contributed by atoms with E-state index in [9.17, 15) is 0 Å². The van der Waals surface area contributed by atoms with Crippen LogP contribution in [0.5, 0.6) is 5.75 Å². The van der Waals surface area contributed by atoms with E-state index in [2.05, 4.69) is 58.2 Å². The monoisotopic (exact) mass is 521 g/mol. The van der Waals surface area contributed by atoms with Crippen molar-refractivity contribution >= 4 is 30.5 Å². The van der Waals surface area contributed by atoms with Gasteiger partial charge in [0.1, 0.15) is 11.9 Å². The minimum Gasteiger partial charge on any atom is -0.484 e. The molecule has 8 heteroatoms. The smallest absolute Gasteiger partial charge is 0.143 e. The summed E-state index contributed by atoms with van der Waals surface area (Å²) in [5.41, 5.74) is 6.29. The third-order valence-corrected chi connectivity index (χ3v) is 6.18. The fourth-order valence-corrected chi connectivity index (χ4v) is 4.36. The Hall–Kier alpha value is -3.50. The molecule has 3 aromatic carbocycles. The molecule has 1 aliphatic rings. The van der Waals surface area contributed by atoms with Gasteiger partial charge in [-0.05, 0) is 53.9 Å². The van der Waals surface area contributed by atoms with Gasteiger partial charge in [-0.2, -0.15) is 10.4 Å². The number of rotatable bonds is 7. The Balaban J connectivity index is 0.00000180. The molecule has 4 aromatic rings. The molecule has 0 unspecified atom stereocenters. The number of benzene rings is 3. The fraction of sp³-hybridized carbons (Fsp3) is 0.214. The van der Waals surface area contributed by atoms with Gasteiger partial charge in [-0.3, -0.25) is 4.68 Å². The van der Waals surface area contributed by atoms with Crippen molar-refractivity contribution in [2.75, 3.05) is 18.4 Å². The van der Waals surface area contributed by atoms with Gasteiger partial charge in [0, 0.05) is 18.8 Å². The van der Waals surface area contributed by atoms with Crippen molar-refractivity contribution in [3.05, 3.63) is 102 Å². The van der Waals surface area contributed by atoms with Crippen LogP contribution in [-0.4, -0.2) is 29.0 Å². The summed E-state index contributed by atoms with van der Waals surface area (Å²) < 4.78 is 8.30. The molecule has 0 amide bonds. The van der Waals surface area contributed by atoms with Crippen LogP contribution in [0.1, 0.15) is 22.7 Å². The van der Waals surface area contributed by atoms with E-state index in [0.29, 0.717) is 12.1 Å². The van der Waals surface area contributed by atoms with Gasteiger partial charge >= 0.3 is 0 Å². The number of nitrogens with zero attached hydrogens (tertiary/aromatic N) is 3. The Labute approximate surface area is 224 Å². The zero-order chi connectivity index (χ0) is 23.3. The summed E-state index contributed by atoms with van der Waals surface area (Å²) in [7, 11) is 1.92. The lowest BCUT2D eigenvalue weighted by molar-refractivity contribution is 0.157. The Bertz CT molecular complexity index is 1300. The minimum absolute atomic E-state index is 0. The first-order valence-electron chi connectivity index (χ1n) is 11.5. The maximum atomic E-state index is 9.01. The van der Waals surface area contributed by atoms with Crippen LogP contribution in [0.15, 0.2) is 85.2 Å². The molecule has 186 valence electrons. The number of nitrogens with one attached hydrogen (secondary N) is 2. The first-order chi connectivity index (χ1) is 16.7. The van der Waals surface area contributed by atoms with Crippen LogP contribution in [-0.2, 0) is 13.5 Å². The summed E-state index contributed by atoms with van der Waals surface area (Å²) >= 11 is 0. The minimum atomic E-state index is -0.0555. The number of fused-ring (bicyclic) bond motifs is 1. The van der Waals surface area contributed by atoms with Gasteiger partial charge in [-0.1, -0.05) is 48.5 Å². The lowest BCUT2D eigenvalue weighted by Crippen LogP contribution is -2.43. The maximum Gasteiger partial charge on any atom is 0.143 e. The molecule has 1 aliphatic heterocycles. The van der Waals surface area contributed by atoms with E-state index in [-0.39, 0.29) is 37.0 Å². The zero-order valence-electron chi connectivity index (χ0n) is 19.9. The van der Waals surface area contributed by atoms with Crippen molar-refractivity contribution in [3.63, 3.8) is 0 Å². The highest BCUT2D eigenvalue weighted by molar-refractivity contribution is 5.85. The van der Waals surface area contributed by atoms with Gasteiger partial charge in [0.2, 0.25) is 0 Å². The van der Waals surface area contributed by atoms with E-state index < -0.39 is 0 Å². The molecule has 6 nitrogen and oxygen atoms in total. The van der Waals surface area contributed by atoms with Crippen LogP contribution >= 0.6 is 24.8 Å². The summed E-state index contributed by atoms with van der Waals surface area (Å²) in [6.45, 7) is 1.51. The SMILES string of the molecule is Cl.Cl.Cn1cc(-c2ccc3c(c2)NC[C@@H]([C@H](NCCc2ccc(C#N)cc2)c2ccccc2)O3)cn1. The van der Waals surface area contributed by atoms with Crippen LogP contribution in [0, 0.1) is 11.3 Å². The number of aryl methyl sites for hydroxylation is 1. The van der Waals surface area contributed by atoms with E-state index in [4.69, 9.17) is 10.00 Å². The van der Waals surface area contributed by atoms with Gasteiger partial charge < -0.3 is 15.4 Å². The van der Waals surface area contributed by atoms with Crippen molar-refractivity contribution in [1.82, 2.24) is 15.1 Å². The van der Waals surface area contributed by atoms with Gasteiger partial charge in [0.15, 0.2) is 0 Å². The second kappa shape index (κ2) is 12.5. The highest BCUT2D eigenvalue weighted by Crippen LogP contribution is 2.36. The van der Waals surface area contributed by atoms with E-state index >= 15 is 0 Å². The Morgan fingerprint density at radius 3 is 2.56 bits per heavy atom. The average Bonchev–Trinajstić information content (AvgIpc) is 3.33. The number of hydrogen-bond acceptors (Lipinski definition) is 5. The summed E-state index contributed by atoms with van der Waals surface area (Å²) in [5, 5.41) is 20.6. The predicted octanol–water partition coefficient (Wildman–Crippen LogP) is 5.55. The van der Waals surface area contributed by atoms with E-state index in [1.54, 1.807) is 0 Å². The summed E-state index contributed by atoms with van der Waals surface area (Å²) in [6.07, 6.45) is 4.70. The molecule has 2 heterocycles. The summed E-state index contributed by atoms with van der Waals surface area (Å²) in [6, 6.07) is 26.7. The molecule has 0 fully saturated rings. The largest absolute Gasteiger partial charge is 0.484 e. The highest BCUT2D eigenvalue weighted by Gasteiger charge is 2.29. The molecular weight excluding hydrogens is 493 g/mol. The molecule has 0 saturated carbocycles. The first kappa shape index (κ1) is 27.1. The lowest BCUT2D eigenvalue weighted by atomic mass is 9.99. The van der Waals surface area contributed by atoms with Crippen molar-refractivity contribution in [3.8, 4) is 22.9 Å². The highest BCUT2D eigenvalue weighted by atomic mass is 35.5. The summed E-state index contributed by atoms with van der Waals surface area (Å²) in [4.78, 5) is 0. The number of nitriles is 1. The molecule has 0 radical (unpaired) electrons. The number of halogens is 2. The maximum absolute atomic E-state index is 9.01. The molecule has 36 heavy (non-hydrogen) atoms. The predicted molar refractivity (Wildman–Crippen MR) is 148 cm³/mol. The average molecular weight is 522 g/mol. The lowest BCUT2D eigenvalue weighted by Gasteiger charge is -2.34. The van der Waals surface area contributed by atoms with Gasteiger partial charge in [0.05, 0.1) is 36.1 Å². The number of anilines is 1. The fourth-order valence-electron chi connectivity index (χ4n) is 4.36. The van der Waals surface area contributed by atoms with Gasteiger partial charge in [-0.15, -0.1) is 24.8 Å². The zero-order valence-corrected chi connectivity index (χ0v) is 21.6. The van der Waals surface area contributed by atoms with Crippen LogP contribution in [0.4, 0.5) is 5.69 Å². The molecule has 5 rings (SSSR count). The Morgan fingerprint density at radius 1 is 1.08 bits per heavy atom. The molecule has 2 N–H and O–H groups in total. The second-order valence-corrected chi connectivity index (χ2v) is 8.55. The number of hydrogen-bond donors (Lipinski definition) is 2. The number of ether oxygens (including phenoxy) is 1.